The molecule has 1 unspecified atom stereocenters. The van der Waals surface area contributed by atoms with Gasteiger partial charge >= 0.3 is 0 Å². The molecule has 0 amide bonds. The lowest BCUT2D eigenvalue weighted by atomic mass is 10.1. The van der Waals surface area contributed by atoms with Gasteiger partial charge in [-0.3, -0.25) is 0 Å². The molecule has 0 aliphatic carbocycles. The number of rotatable bonds is 6. The lowest BCUT2D eigenvalue weighted by Crippen LogP contribution is -2.22. The Morgan fingerprint density at radius 1 is 1.31 bits per heavy atom. The Hall–Kier alpha value is -1.26. The highest BCUT2D eigenvalue weighted by Gasteiger charge is 2.11. The van der Waals surface area contributed by atoms with Gasteiger partial charge in [-0.2, -0.15) is 0 Å². The van der Waals surface area contributed by atoms with Crippen molar-refractivity contribution in [3.05, 3.63) is 23.8 Å². The largest absolute Gasteiger partial charge is 0.497 e. The summed E-state index contributed by atoms with van der Waals surface area (Å²) in [4.78, 5) is 0. The molecule has 1 aromatic carbocycles. The maximum atomic E-state index is 8.76. The van der Waals surface area contributed by atoms with Crippen molar-refractivity contribution in [2.45, 2.75) is 13.0 Å². The van der Waals surface area contributed by atoms with Crippen LogP contribution in [0.5, 0.6) is 11.5 Å². The number of nitrogens with one attached hydrogen (secondary N) is 1. The maximum Gasteiger partial charge on any atom is 0.127 e. The van der Waals surface area contributed by atoms with Gasteiger partial charge in [0.05, 0.1) is 20.8 Å². The average Bonchev–Trinajstić information content (AvgIpc) is 2.34. The first-order valence-corrected chi connectivity index (χ1v) is 5.29. The minimum absolute atomic E-state index is 0.128. The smallest absolute Gasteiger partial charge is 0.127 e. The molecule has 0 heterocycles. The molecule has 16 heavy (non-hydrogen) atoms. The Balaban J connectivity index is 2.85. The highest BCUT2D eigenvalue weighted by molar-refractivity contribution is 5.42. The summed E-state index contributed by atoms with van der Waals surface area (Å²) in [5.41, 5.74) is 1.05. The van der Waals surface area contributed by atoms with Crippen molar-refractivity contribution in [3.63, 3.8) is 0 Å². The molecule has 2 N–H and O–H groups in total. The molecule has 1 rings (SSSR count). The second-order valence-corrected chi connectivity index (χ2v) is 3.51. The van der Waals surface area contributed by atoms with Gasteiger partial charge in [0.1, 0.15) is 11.5 Å². The predicted octanol–water partition coefficient (Wildman–Crippen LogP) is 1.35. The van der Waals surface area contributed by atoms with Crippen LogP contribution in [-0.2, 0) is 0 Å². The maximum absolute atomic E-state index is 8.76. The van der Waals surface area contributed by atoms with Crippen LogP contribution >= 0.6 is 0 Å². The Bertz CT molecular complexity index is 328. The zero-order valence-electron chi connectivity index (χ0n) is 9.99. The van der Waals surface area contributed by atoms with Crippen LogP contribution in [0.15, 0.2) is 18.2 Å². The van der Waals surface area contributed by atoms with E-state index in [2.05, 4.69) is 5.32 Å². The lowest BCUT2D eigenvalue weighted by Gasteiger charge is -2.17. The SMILES string of the molecule is COc1ccc(C(C)NCCO)c(OC)c1. The molecule has 0 spiro atoms. The Morgan fingerprint density at radius 3 is 2.62 bits per heavy atom. The molecule has 0 aliphatic rings. The summed E-state index contributed by atoms with van der Waals surface area (Å²) < 4.78 is 10.4. The summed E-state index contributed by atoms with van der Waals surface area (Å²) in [5.74, 6) is 1.56. The fraction of sp³-hybridized carbons (Fsp3) is 0.500. The zero-order valence-corrected chi connectivity index (χ0v) is 9.99. The van der Waals surface area contributed by atoms with E-state index in [0.29, 0.717) is 6.54 Å². The van der Waals surface area contributed by atoms with Gasteiger partial charge in [-0.05, 0) is 13.0 Å². The van der Waals surface area contributed by atoms with Crippen molar-refractivity contribution in [2.75, 3.05) is 27.4 Å². The molecule has 0 saturated carbocycles. The van der Waals surface area contributed by atoms with Gasteiger partial charge in [-0.1, -0.05) is 6.07 Å². The highest BCUT2D eigenvalue weighted by atomic mass is 16.5. The Morgan fingerprint density at radius 2 is 2.06 bits per heavy atom. The zero-order chi connectivity index (χ0) is 12.0. The van der Waals surface area contributed by atoms with Crippen LogP contribution in [0.2, 0.25) is 0 Å². The summed E-state index contributed by atoms with van der Waals surface area (Å²) in [5, 5.41) is 11.9. The van der Waals surface area contributed by atoms with Crippen molar-refractivity contribution in [2.24, 2.45) is 0 Å². The molecule has 90 valence electrons. The number of ether oxygens (including phenoxy) is 2. The minimum Gasteiger partial charge on any atom is -0.497 e. The summed E-state index contributed by atoms with van der Waals surface area (Å²) >= 11 is 0. The van der Waals surface area contributed by atoms with Crippen LogP contribution in [0.1, 0.15) is 18.5 Å². The van der Waals surface area contributed by atoms with E-state index >= 15 is 0 Å². The lowest BCUT2D eigenvalue weighted by molar-refractivity contribution is 0.285. The standard InChI is InChI=1S/C12H19NO3/c1-9(13-6-7-14)11-5-4-10(15-2)8-12(11)16-3/h4-5,8-9,13-14H,6-7H2,1-3H3. The summed E-state index contributed by atoms with van der Waals surface area (Å²) in [6.45, 7) is 2.72. The third kappa shape index (κ3) is 3.12. The topological polar surface area (TPSA) is 50.7 Å². The third-order valence-electron chi connectivity index (χ3n) is 2.47. The van der Waals surface area contributed by atoms with E-state index in [0.717, 1.165) is 17.1 Å². The second kappa shape index (κ2) is 6.35. The molecule has 1 atom stereocenters. The highest BCUT2D eigenvalue weighted by Crippen LogP contribution is 2.29. The van der Waals surface area contributed by atoms with Crippen molar-refractivity contribution in [3.8, 4) is 11.5 Å². The van der Waals surface area contributed by atoms with E-state index < -0.39 is 0 Å². The molecular weight excluding hydrogens is 206 g/mol. The molecule has 0 saturated heterocycles. The van der Waals surface area contributed by atoms with Gasteiger partial charge in [0.15, 0.2) is 0 Å². The van der Waals surface area contributed by atoms with E-state index in [1.165, 1.54) is 0 Å². The van der Waals surface area contributed by atoms with Crippen LogP contribution in [0, 0.1) is 0 Å². The van der Waals surface area contributed by atoms with Crippen molar-refractivity contribution >= 4 is 0 Å². The third-order valence-corrected chi connectivity index (χ3v) is 2.47. The fourth-order valence-electron chi connectivity index (χ4n) is 1.57. The predicted molar refractivity (Wildman–Crippen MR) is 63.0 cm³/mol. The number of aliphatic hydroxyl groups is 1. The van der Waals surface area contributed by atoms with E-state index in [9.17, 15) is 0 Å². The number of aliphatic hydroxyl groups excluding tert-OH is 1. The molecule has 4 nitrogen and oxygen atoms in total. The van der Waals surface area contributed by atoms with Gasteiger partial charge in [0.25, 0.3) is 0 Å². The number of benzene rings is 1. The normalized spacial score (nSPS) is 12.2. The molecule has 0 aliphatic heterocycles. The molecule has 0 aromatic heterocycles. The number of hydrogen-bond donors (Lipinski definition) is 2. The quantitative estimate of drug-likeness (QED) is 0.767. The molecule has 0 bridgehead atoms. The fourth-order valence-corrected chi connectivity index (χ4v) is 1.57. The van der Waals surface area contributed by atoms with E-state index in [1.54, 1.807) is 14.2 Å². The second-order valence-electron chi connectivity index (χ2n) is 3.51. The van der Waals surface area contributed by atoms with Gasteiger partial charge in [0.2, 0.25) is 0 Å². The first-order valence-electron chi connectivity index (χ1n) is 5.29. The molecule has 1 aromatic rings. The van der Waals surface area contributed by atoms with Gasteiger partial charge in [-0.15, -0.1) is 0 Å². The van der Waals surface area contributed by atoms with Gasteiger partial charge in [-0.25, -0.2) is 0 Å². The molecular formula is C12H19NO3. The van der Waals surface area contributed by atoms with Crippen LogP contribution in [0.25, 0.3) is 0 Å². The van der Waals surface area contributed by atoms with Crippen LogP contribution < -0.4 is 14.8 Å². The van der Waals surface area contributed by atoms with E-state index in [4.69, 9.17) is 14.6 Å². The van der Waals surface area contributed by atoms with Gasteiger partial charge < -0.3 is 19.9 Å². The van der Waals surface area contributed by atoms with Crippen LogP contribution in [0.3, 0.4) is 0 Å². The van der Waals surface area contributed by atoms with Gasteiger partial charge in [0, 0.05) is 24.2 Å². The van der Waals surface area contributed by atoms with E-state index in [-0.39, 0.29) is 12.6 Å². The van der Waals surface area contributed by atoms with Crippen molar-refractivity contribution in [1.82, 2.24) is 5.32 Å². The van der Waals surface area contributed by atoms with Crippen LogP contribution in [-0.4, -0.2) is 32.5 Å². The summed E-state index contributed by atoms with van der Waals surface area (Å²) in [6, 6.07) is 5.85. The molecule has 4 heteroatoms. The Labute approximate surface area is 96.2 Å². The monoisotopic (exact) mass is 225 g/mol. The summed E-state index contributed by atoms with van der Waals surface area (Å²) in [7, 11) is 3.26. The average molecular weight is 225 g/mol. The number of methoxy groups -OCH3 is 2. The minimum atomic E-state index is 0.128. The van der Waals surface area contributed by atoms with Crippen molar-refractivity contribution in [1.29, 1.82) is 0 Å². The number of hydrogen-bond acceptors (Lipinski definition) is 4. The van der Waals surface area contributed by atoms with Crippen LogP contribution in [0.4, 0.5) is 0 Å². The van der Waals surface area contributed by atoms with E-state index in [1.807, 2.05) is 25.1 Å². The molecule has 0 fully saturated rings. The molecule has 0 radical (unpaired) electrons. The van der Waals surface area contributed by atoms with Crippen molar-refractivity contribution < 1.29 is 14.6 Å². The first-order chi connectivity index (χ1) is 7.72. The Kier molecular flexibility index (Phi) is 5.08. The first kappa shape index (κ1) is 12.8. The summed E-state index contributed by atoms with van der Waals surface area (Å²) in [6.07, 6.45) is 0.